The second-order valence-electron chi connectivity index (χ2n) is 5.81. The highest BCUT2D eigenvalue weighted by Gasteiger charge is 2.24. The van der Waals surface area contributed by atoms with E-state index >= 15 is 0 Å². The Morgan fingerprint density at radius 3 is 2.17 bits per heavy atom. The van der Waals surface area contributed by atoms with Crippen molar-refractivity contribution >= 4 is 5.91 Å². The number of amides is 1. The molecule has 0 aromatic carbocycles. The maximum absolute atomic E-state index is 11.6. The highest BCUT2D eigenvalue weighted by atomic mass is 16.3. The molecule has 108 valence electrons. The van der Waals surface area contributed by atoms with Crippen LogP contribution in [-0.2, 0) is 4.79 Å². The van der Waals surface area contributed by atoms with Crippen molar-refractivity contribution < 1.29 is 15.0 Å². The Balaban J connectivity index is 4.15. The van der Waals surface area contributed by atoms with Gasteiger partial charge in [-0.1, -0.05) is 20.8 Å². The molecule has 1 amide bonds. The third-order valence-electron chi connectivity index (χ3n) is 3.27. The van der Waals surface area contributed by atoms with Crippen molar-refractivity contribution in [2.24, 2.45) is 17.1 Å². The van der Waals surface area contributed by atoms with Crippen LogP contribution in [-0.4, -0.2) is 41.9 Å². The molecule has 1 atom stereocenters. The number of rotatable bonds is 8. The summed E-state index contributed by atoms with van der Waals surface area (Å²) in [5, 5.41) is 20.3. The molecule has 5 heteroatoms. The Kier molecular flexibility index (Phi) is 8.15. The summed E-state index contributed by atoms with van der Waals surface area (Å²) < 4.78 is 0. The Morgan fingerprint density at radius 2 is 1.78 bits per heavy atom. The largest absolute Gasteiger partial charge is 0.394 e. The fourth-order valence-electron chi connectivity index (χ4n) is 1.97. The van der Waals surface area contributed by atoms with Crippen molar-refractivity contribution in [1.82, 2.24) is 5.32 Å². The van der Waals surface area contributed by atoms with E-state index in [9.17, 15) is 4.79 Å². The maximum Gasteiger partial charge on any atom is 0.220 e. The zero-order valence-electron chi connectivity index (χ0n) is 11.8. The number of nitrogens with two attached hydrogens (primary N) is 1. The summed E-state index contributed by atoms with van der Waals surface area (Å²) in [7, 11) is 0. The van der Waals surface area contributed by atoms with Crippen LogP contribution < -0.4 is 11.1 Å². The average Bonchev–Trinajstić information content (AvgIpc) is 2.29. The number of hydrogen-bond donors (Lipinski definition) is 4. The van der Waals surface area contributed by atoms with Crippen LogP contribution in [0.2, 0.25) is 0 Å². The van der Waals surface area contributed by atoms with E-state index in [0.29, 0.717) is 18.9 Å². The van der Waals surface area contributed by atoms with Gasteiger partial charge in [0.2, 0.25) is 5.91 Å². The Morgan fingerprint density at radius 1 is 1.22 bits per heavy atom. The molecule has 0 rings (SSSR count). The molecule has 0 heterocycles. The monoisotopic (exact) mass is 260 g/mol. The summed E-state index contributed by atoms with van der Waals surface area (Å²) in [5.74, 6) is 0.268. The quantitative estimate of drug-likeness (QED) is 0.503. The third kappa shape index (κ3) is 6.93. The van der Waals surface area contributed by atoms with Gasteiger partial charge < -0.3 is 21.3 Å². The van der Waals surface area contributed by atoms with Gasteiger partial charge in [0, 0.05) is 6.42 Å². The Bertz CT molecular complexity index is 235. The molecular formula is C13H28N2O3. The van der Waals surface area contributed by atoms with Gasteiger partial charge >= 0.3 is 0 Å². The van der Waals surface area contributed by atoms with Crippen LogP contribution in [0.3, 0.4) is 0 Å². The predicted octanol–water partition coefficient (Wildman–Crippen LogP) is 0.247. The fraction of sp³-hybridized carbons (Fsp3) is 0.923. The lowest BCUT2D eigenvalue weighted by Gasteiger charge is -2.30. The molecule has 0 aliphatic rings. The van der Waals surface area contributed by atoms with E-state index in [1.165, 1.54) is 0 Å². The van der Waals surface area contributed by atoms with E-state index in [2.05, 4.69) is 26.1 Å². The fourth-order valence-corrected chi connectivity index (χ4v) is 1.97. The smallest absolute Gasteiger partial charge is 0.220 e. The standard InChI is InChI=1S/C13H28N2O3/c1-13(2,3)10(6-7-14)4-5-12(18)15-11(8-16)9-17/h10-11,16-17H,4-9,14H2,1-3H3,(H,15,18). The van der Waals surface area contributed by atoms with Gasteiger partial charge in [0.15, 0.2) is 0 Å². The minimum atomic E-state index is -0.555. The van der Waals surface area contributed by atoms with Gasteiger partial charge in [-0.15, -0.1) is 0 Å². The van der Waals surface area contributed by atoms with Gasteiger partial charge in [0.1, 0.15) is 0 Å². The number of hydrogen-bond acceptors (Lipinski definition) is 4. The lowest BCUT2D eigenvalue weighted by molar-refractivity contribution is -0.122. The summed E-state index contributed by atoms with van der Waals surface area (Å²) >= 11 is 0. The number of aliphatic hydroxyl groups excluding tert-OH is 2. The van der Waals surface area contributed by atoms with E-state index in [-0.39, 0.29) is 24.5 Å². The molecule has 5 N–H and O–H groups in total. The van der Waals surface area contributed by atoms with Gasteiger partial charge in [-0.3, -0.25) is 4.79 Å². The van der Waals surface area contributed by atoms with Crippen molar-refractivity contribution in [3.05, 3.63) is 0 Å². The van der Waals surface area contributed by atoms with Crippen molar-refractivity contribution in [3.8, 4) is 0 Å². The summed E-state index contributed by atoms with van der Waals surface area (Å²) in [5.41, 5.74) is 5.72. The van der Waals surface area contributed by atoms with Gasteiger partial charge in [-0.05, 0) is 30.7 Å². The Hall–Kier alpha value is -0.650. The highest BCUT2D eigenvalue weighted by molar-refractivity contribution is 5.76. The first-order chi connectivity index (χ1) is 8.35. The normalized spacial score (nSPS) is 13.7. The zero-order chi connectivity index (χ0) is 14.2. The molecule has 0 spiro atoms. The number of carbonyl (C=O) groups is 1. The molecule has 0 aliphatic heterocycles. The molecule has 0 aromatic heterocycles. The number of nitrogens with one attached hydrogen (secondary N) is 1. The third-order valence-corrected chi connectivity index (χ3v) is 3.27. The van der Waals surface area contributed by atoms with E-state index in [1.54, 1.807) is 0 Å². The topological polar surface area (TPSA) is 95.6 Å². The summed E-state index contributed by atoms with van der Waals surface area (Å²) in [6.45, 7) is 6.58. The van der Waals surface area contributed by atoms with Crippen LogP contribution in [0.15, 0.2) is 0 Å². The molecule has 18 heavy (non-hydrogen) atoms. The van der Waals surface area contributed by atoms with Crippen LogP contribution in [0.1, 0.15) is 40.0 Å². The number of aliphatic hydroxyl groups is 2. The van der Waals surface area contributed by atoms with Crippen molar-refractivity contribution in [2.75, 3.05) is 19.8 Å². The highest BCUT2D eigenvalue weighted by Crippen LogP contribution is 2.31. The molecule has 0 bridgehead atoms. The van der Waals surface area contributed by atoms with Crippen molar-refractivity contribution in [3.63, 3.8) is 0 Å². The molecular weight excluding hydrogens is 232 g/mol. The molecule has 5 nitrogen and oxygen atoms in total. The van der Waals surface area contributed by atoms with Crippen LogP contribution in [0.4, 0.5) is 0 Å². The molecule has 1 unspecified atom stereocenters. The SMILES string of the molecule is CC(C)(C)C(CCN)CCC(=O)NC(CO)CO. The van der Waals surface area contributed by atoms with Gasteiger partial charge in [-0.2, -0.15) is 0 Å². The second kappa shape index (κ2) is 8.45. The molecule has 0 aromatic rings. The van der Waals surface area contributed by atoms with E-state index in [1.807, 2.05) is 0 Å². The molecule has 0 aliphatic carbocycles. The van der Waals surface area contributed by atoms with Crippen molar-refractivity contribution in [1.29, 1.82) is 0 Å². The maximum atomic E-state index is 11.6. The first kappa shape index (κ1) is 17.4. The first-order valence-corrected chi connectivity index (χ1v) is 6.56. The molecule has 0 fully saturated rings. The molecule has 0 radical (unpaired) electrons. The predicted molar refractivity (Wildman–Crippen MR) is 72.0 cm³/mol. The summed E-state index contributed by atoms with van der Waals surface area (Å²) in [6, 6.07) is -0.555. The van der Waals surface area contributed by atoms with Gasteiger partial charge in [-0.25, -0.2) is 0 Å². The minimum absolute atomic E-state index is 0.130. The Labute approximate surface area is 110 Å². The summed E-state index contributed by atoms with van der Waals surface area (Å²) in [6.07, 6.45) is 2.08. The molecule has 0 saturated carbocycles. The lowest BCUT2D eigenvalue weighted by atomic mass is 9.76. The lowest BCUT2D eigenvalue weighted by Crippen LogP contribution is -2.40. The first-order valence-electron chi connectivity index (χ1n) is 6.56. The average molecular weight is 260 g/mol. The molecule has 0 saturated heterocycles. The van der Waals surface area contributed by atoms with Crippen molar-refractivity contribution in [2.45, 2.75) is 46.1 Å². The summed E-state index contributed by atoms with van der Waals surface area (Å²) in [4.78, 5) is 11.6. The van der Waals surface area contributed by atoms with E-state index < -0.39 is 6.04 Å². The van der Waals surface area contributed by atoms with Crippen LogP contribution in [0.25, 0.3) is 0 Å². The van der Waals surface area contributed by atoms with Crippen LogP contribution >= 0.6 is 0 Å². The van der Waals surface area contributed by atoms with E-state index in [4.69, 9.17) is 15.9 Å². The number of carbonyl (C=O) groups excluding carboxylic acids is 1. The van der Waals surface area contributed by atoms with Gasteiger partial charge in [0.05, 0.1) is 19.3 Å². The minimum Gasteiger partial charge on any atom is -0.394 e. The van der Waals surface area contributed by atoms with Crippen LogP contribution in [0, 0.1) is 11.3 Å². The van der Waals surface area contributed by atoms with Gasteiger partial charge in [0.25, 0.3) is 0 Å². The van der Waals surface area contributed by atoms with Crippen LogP contribution in [0.5, 0.6) is 0 Å². The van der Waals surface area contributed by atoms with E-state index in [0.717, 1.165) is 12.8 Å². The second-order valence-corrected chi connectivity index (χ2v) is 5.81. The zero-order valence-corrected chi connectivity index (χ0v) is 11.8.